The average molecular weight is 228 g/mol. The van der Waals surface area contributed by atoms with E-state index in [9.17, 15) is 0 Å². The number of methoxy groups -OCH3 is 1. The molecule has 0 bridgehead atoms. The monoisotopic (exact) mass is 228 g/mol. The number of ether oxygens (including phenoxy) is 1. The Kier molecular flexibility index (Phi) is 6.32. The molecule has 1 saturated carbocycles. The second kappa shape index (κ2) is 7.25. The van der Waals surface area contributed by atoms with Crippen molar-refractivity contribution in [3.63, 3.8) is 0 Å². The summed E-state index contributed by atoms with van der Waals surface area (Å²) in [6.45, 7) is 7.61. The summed E-state index contributed by atoms with van der Waals surface area (Å²) < 4.78 is 5.07. The Balaban J connectivity index is 2.21. The van der Waals surface area contributed by atoms with Crippen LogP contribution in [0.25, 0.3) is 0 Å². The topological polar surface area (TPSA) is 38.5 Å². The summed E-state index contributed by atoms with van der Waals surface area (Å²) in [6, 6.07) is 1.10. The first kappa shape index (κ1) is 13.9. The zero-order valence-electron chi connectivity index (χ0n) is 11.1. The van der Waals surface area contributed by atoms with Crippen LogP contribution in [0.15, 0.2) is 0 Å². The Hall–Kier alpha value is -0.120. The Morgan fingerprint density at radius 2 is 2.00 bits per heavy atom. The van der Waals surface area contributed by atoms with Crippen molar-refractivity contribution >= 4 is 0 Å². The largest absolute Gasteiger partial charge is 0.385 e. The van der Waals surface area contributed by atoms with Crippen molar-refractivity contribution in [2.24, 2.45) is 11.7 Å². The van der Waals surface area contributed by atoms with Gasteiger partial charge in [0, 0.05) is 32.3 Å². The van der Waals surface area contributed by atoms with E-state index < -0.39 is 0 Å². The summed E-state index contributed by atoms with van der Waals surface area (Å²) in [7, 11) is 1.74. The van der Waals surface area contributed by atoms with Gasteiger partial charge in [-0.25, -0.2) is 0 Å². The van der Waals surface area contributed by atoms with Gasteiger partial charge >= 0.3 is 0 Å². The molecule has 0 heterocycles. The van der Waals surface area contributed by atoms with Crippen LogP contribution in [0.5, 0.6) is 0 Å². The summed E-state index contributed by atoms with van der Waals surface area (Å²) in [4.78, 5) is 2.58. The molecule has 96 valence electrons. The van der Waals surface area contributed by atoms with Gasteiger partial charge in [0.15, 0.2) is 0 Å². The third kappa shape index (κ3) is 5.83. The standard InChI is InChI=1S/C13H28N2O/c1-11(2)6-8-15(13-4-5-13)10-12(14)7-9-16-3/h11-13H,4-10,14H2,1-3H3. The van der Waals surface area contributed by atoms with E-state index in [1.807, 2.05) is 0 Å². The number of hydrogen-bond donors (Lipinski definition) is 1. The lowest BCUT2D eigenvalue weighted by Crippen LogP contribution is -2.40. The van der Waals surface area contributed by atoms with E-state index in [-0.39, 0.29) is 6.04 Å². The Morgan fingerprint density at radius 1 is 1.31 bits per heavy atom. The van der Waals surface area contributed by atoms with Gasteiger partial charge in [-0.15, -0.1) is 0 Å². The third-order valence-corrected chi connectivity index (χ3v) is 3.22. The van der Waals surface area contributed by atoms with Crippen molar-refractivity contribution < 1.29 is 4.74 Å². The predicted molar refractivity (Wildman–Crippen MR) is 68.5 cm³/mol. The fourth-order valence-electron chi connectivity index (χ4n) is 1.95. The lowest BCUT2D eigenvalue weighted by atomic mass is 10.1. The Labute approximate surface area is 100 Å². The molecule has 0 aromatic heterocycles. The van der Waals surface area contributed by atoms with Crippen LogP contribution in [0.4, 0.5) is 0 Å². The normalized spacial score (nSPS) is 18.4. The summed E-state index contributed by atoms with van der Waals surface area (Å²) >= 11 is 0. The smallest absolute Gasteiger partial charge is 0.0477 e. The third-order valence-electron chi connectivity index (χ3n) is 3.22. The van der Waals surface area contributed by atoms with Crippen LogP contribution < -0.4 is 5.73 Å². The summed E-state index contributed by atoms with van der Waals surface area (Å²) in [5, 5.41) is 0. The maximum Gasteiger partial charge on any atom is 0.0477 e. The highest BCUT2D eigenvalue weighted by Crippen LogP contribution is 2.27. The minimum Gasteiger partial charge on any atom is -0.385 e. The molecular formula is C13H28N2O. The van der Waals surface area contributed by atoms with Gasteiger partial charge in [-0.1, -0.05) is 13.8 Å². The van der Waals surface area contributed by atoms with E-state index in [0.29, 0.717) is 0 Å². The first-order chi connectivity index (χ1) is 7.63. The molecule has 0 saturated heterocycles. The number of rotatable bonds is 9. The highest BCUT2D eigenvalue weighted by molar-refractivity contribution is 4.86. The molecule has 1 unspecified atom stereocenters. The van der Waals surface area contributed by atoms with Gasteiger partial charge in [-0.3, -0.25) is 4.90 Å². The van der Waals surface area contributed by atoms with Crippen LogP contribution in [-0.4, -0.2) is 43.8 Å². The minimum absolute atomic E-state index is 0.271. The van der Waals surface area contributed by atoms with Crippen molar-refractivity contribution in [3.05, 3.63) is 0 Å². The van der Waals surface area contributed by atoms with Gasteiger partial charge in [0.2, 0.25) is 0 Å². The average Bonchev–Trinajstić information content (AvgIpc) is 3.04. The van der Waals surface area contributed by atoms with Crippen molar-refractivity contribution in [1.29, 1.82) is 0 Å². The van der Waals surface area contributed by atoms with Gasteiger partial charge in [-0.2, -0.15) is 0 Å². The van der Waals surface area contributed by atoms with Crippen LogP contribution in [0, 0.1) is 5.92 Å². The van der Waals surface area contributed by atoms with Crippen LogP contribution in [0.2, 0.25) is 0 Å². The van der Waals surface area contributed by atoms with Crippen molar-refractivity contribution in [2.75, 3.05) is 26.8 Å². The lowest BCUT2D eigenvalue weighted by Gasteiger charge is -2.26. The molecule has 0 radical (unpaired) electrons. The lowest BCUT2D eigenvalue weighted by molar-refractivity contribution is 0.170. The molecule has 0 spiro atoms. The van der Waals surface area contributed by atoms with Crippen LogP contribution in [0.1, 0.15) is 39.5 Å². The molecule has 1 aliphatic carbocycles. The molecule has 3 nitrogen and oxygen atoms in total. The second-order valence-corrected chi connectivity index (χ2v) is 5.45. The Morgan fingerprint density at radius 3 is 2.50 bits per heavy atom. The predicted octanol–water partition coefficient (Wildman–Crippen LogP) is 1.86. The molecule has 1 aliphatic rings. The molecule has 16 heavy (non-hydrogen) atoms. The van der Waals surface area contributed by atoms with E-state index in [1.165, 1.54) is 25.8 Å². The first-order valence-electron chi connectivity index (χ1n) is 6.62. The molecule has 1 fully saturated rings. The van der Waals surface area contributed by atoms with Crippen molar-refractivity contribution in [1.82, 2.24) is 4.90 Å². The molecule has 1 atom stereocenters. The van der Waals surface area contributed by atoms with E-state index in [4.69, 9.17) is 10.5 Å². The molecular weight excluding hydrogens is 200 g/mol. The number of nitrogens with zero attached hydrogens (tertiary/aromatic N) is 1. The van der Waals surface area contributed by atoms with E-state index in [2.05, 4.69) is 18.7 Å². The fourth-order valence-corrected chi connectivity index (χ4v) is 1.95. The molecule has 0 aromatic carbocycles. The van der Waals surface area contributed by atoms with Gasteiger partial charge in [-0.05, 0) is 38.1 Å². The SMILES string of the molecule is COCCC(N)CN(CCC(C)C)C1CC1. The highest BCUT2D eigenvalue weighted by Gasteiger charge is 2.29. The second-order valence-electron chi connectivity index (χ2n) is 5.45. The molecule has 3 heteroatoms. The summed E-state index contributed by atoms with van der Waals surface area (Å²) in [5.41, 5.74) is 6.11. The maximum absolute atomic E-state index is 6.11. The van der Waals surface area contributed by atoms with Crippen molar-refractivity contribution in [2.45, 2.75) is 51.6 Å². The van der Waals surface area contributed by atoms with Gasteiger partial charge in [0.25, 0.3) is 0 Å². The van der Waals surface area contributed by atoms with Gasteiger partial charge in [0.05, 0.1) is 0 Å². The van der Waals surface area contributed by atoms with Crippen LogP contribution in [-0.2, 0) is 4.74 Å². The Bertz CT molecular complexity index is 181. The minimum atomic E-state index is 0.271. The fraction of sp³-hybridized carbons (Fsp3) is 1.00. The quantitative estimate of drug-likeness (QED) is 0.654. The molecule has 0 aromatic rings. The van der Waals surface area contributed by atoms with Crippen molar-refractivity contribution in [3.8, 4) is 0 Å². The molecule has 0 amide bonds. The maximum atomic E-state index is 6.11. The van der Waals surface area contributed by atoms with Crippen LogP contribution >= 0.6 is 0 Å². The van der Waals surface area contributed by atoms with E-state index in [0.717, 1.165) is 31.5 Å². The molecule has 1 rings (SSSR count). The van der Waals surface area contributed by atoms with Gasteiger partial charge in [0.1, 0.15) is 0 Å². The van der Waals surface area contributed by atoms with Crippen LogP contribution in [0.3, 0.4) is 0 Å². The number of hydrogen-bond acceptors (Lipinski definition) is 3. The molecule has 0 aliphatic heterocycles. The highest BCUT2D eigenvalue weighted by atomic mass is 16.5. The molecule has 2 N–H and O–H groups in total. The summed E-state index contributed by atoms with van der Waals surface area (Å²) in [5.74, 6) is 0.788. The zero-order valence-corrected chi connectivity index (χ0v) is 11.1. The van der Waals surface area contributed by atoms with E-state index >= 15 is 0 Å². The van der Waals surface area contributed by atoms with E-state index in [1.54, 1.807) is 7.11 Å². The zero-order chi connectivity index (χ0) is 12.0. The first-order valence-corrected chi connectivity index (χ1v) is 6.62. The number of nitrogens with two attached hydrogens (primary N) is 1. The summed E-state index contributed by atoms with van der Waals surface area (Å²) in [6.07, 6.45) is 5.00. The van der Waals surface area contributed by atoms with Gasteiger partial charge < -0.3 is 10.5 Å².